The van der Waals surface area contributed by atoms with Crippen molar-refractivity contribution in [2.24, 2.45) is 5.18 Å². The maximum Gasteiger partial charge on any atom is 0.261 e. The van der Waals surface area contributed by atoms with E-state index >= 15 is 0 Å². The van der Waals surface area contributed by atoms with E-state index in [1.54, 1.807) is 36.7 Å². The Morgan fingerprint density at radius 2 is 1.76 bits per heavy atom. The Hall–Kier alpha value is -2.49. The van der Waals surface area contributed by atoms with E-state index in [0.717, 1.165) is 0 Å². The van der Waals surface area contributed by atoms with E-state index < -0.39 is 0 Å². The molecule has 0 unspecified atom stereocenters. The van der Waals surface area contributed by atoms with Gasteiger partial charge in [0.25, 0.3) is 5.91 Å². The first kappa shape index (κ1) is 11.0. The molecule has 1 aromatic carbocycles. The number of carbonyl (C=O) groups is 1. The van der Waals surface area contributed by atoms with Crippen molar-refractivity contribution in [3.05, 3.63) is 77.1 Å². The summed E-state index contributed by atoms with van der Waals surface area (Å²) in [5.74, 6) is -0.115. The molecule has 1 aliphatic rings. The van der Waals surface area contributed by atoms with Crippen LogP contribution in [0.1, 0.15) is 10.4 Å². The molecule has 0 N–H and O–H groups in total. The molecule has 1 aliphatic heterocycles. The summed E-state index contributed by atoms with van der Waals surface area (Å²) in [7, 11) is 0. The maximum atomic E-state index is 12.0. The summed E-state index contributed by atoms with van der Waals surface area (Å²) < 4.78 is 0. The lowest BCUT2D eigenvalue weighted by molar-refractivity contribution is 0.0868. The number of carbonyl (C=O) groups excluding carboxylic acids is 1. The lowest BCUT2D eigenvalue weighted by atomic mass is 10.2. The third kappa shape index (κ3) is 2.55. The molecule has 17 heavy (non-hydrogen) atoms. The van der Waals surface area contributed by atoms with E-state index in [4.69, 9.17) is 0 Å². The molecule has 4 nitrogen and oxygen atoms in total. The van der Waals surface area contributed by atoms with Crippen LogP contribution in [0.15, 0.2) is 71.8 Å². The quantitative estimate of drug-likeness (QED) is 0.728. The van der Waals surface area contributed by atoms with Crippen LogP contribution in [0.25, 0.3) is 0 Å². The molecule has 0 saturated carbocycles. The van der Waals surface area contributed by atoms with E-state index in [2.05, 4.69) is 5.18 Å². The van der Waals surface area contributed by atoms with Crippen molar-refractivity contribution in [1.82, 2.24) is 4.90 Å². The molecule has 0 spiro atoms. The zero-order valence-electron chi connectivity index (χ0n) is 8.98. The van der Waals surface area contributed by atoms with Gasteiger partial charge >= 0.3 is 0 Å². The average Bonchev–Trinajstić information content (AvgIpc) is 2.40. The highest BCUT2D eigenvalue weighted by Gasteiger charge is 2.12. The standard InChI is InChI=1S/C13H10N2O2/c16-13(12-4-2-1-3-5-12)15-8-6-11(7-9-15)10-14-17/h1-10H. The van der Waals surface area contributed by atoms with Gasteiger partial charge in [-0.3, -0.25) is 9.69 Å². The number of allylic oxidation sites excluding steroid dienone is 3. The number of rotatable bonds is 2. The minimum absolute atomic E-state index is 0.115. The summed E-state index contributed by atoms with van der Waals surface area (Å²) in [5, 5.41) is 2.67. The van der Waals surface area contributed by atoms with E-state index in [0.29, 0.717) is 11.1 Å². The van der Waals surface area contributed by atoms with Gasteiger partial charge < -0.3 is 0 Å². The molecule has 1 amide bonds. The minimum atomic E-state index is -0.115. The zero-order valence-corrected chi connectivity index (χ0v) is 8.98. The summed E-state index contributed by atoms with van der Waals surface area (Å²) in [6, 6.07) is 8.98. The van der Waals surface area contributed by atoms with Crippen molar-refractivity contribution in [3.63, 3.8) is 0 Å². The summed E-state index contributed by atoms with van der Waals surface area (Å²) in [6.45, 7) is 0. The van der Waals surface area contributed by atoms with Gasteiger partial charge in [0.05, 0.1) is 6.20 Å². The van der Waals surface area contributed by atoms with Gasteiger partial charge in [0.15, 0.2) is 0 Å². The monoisotopic (exact) mass is 226 g/mol. The Morgan fingerprint density at radius 3 is 2.35 bits per heavy atom. The van der Waals surface area contributed by atoms with Gasteiger partial charge in [0.1, 0.15) is 0 Å². The Morgan fingerprint density at radius 1 is 1.12 bits per heavy atom. The minimum Gasteiger partial charge on any atom is -0.291 e. The van der Waals surface area contributed by atoms with Gasteiger partial charge in [-0.15, -0.1) is 4.91 Å². The third-order valence-electron chi connectivity index (χ3n) is 2.31. The first-order valence-corrected chi connectivity index (χ1v) is 5.08. The summed E-state index contributed by atoms with van der Waals surface area (Å²) in [4.78, 5) is 23.5. The number of amides is 1. The van der Waals surface area contributed by atoms with Crippen molar-refractivity contribution in [1.29, 1.82) is 0 Å². The molecule has 0 atom stereocenters. The molecule has 0 aromatic heterocycles. The van der Waals surface area contributed by atoms with Gasteiger partial charge in [0.2, 0.25) is 0 Å². The molecule has 1 heterocycles. The SMILES string of the molecule is O=NC=C1C=CN(C(=O)c2ccccc2)C=C1. The van der Waals surface area contributed by atoms with Crippen molar-refractivity contribution >= 4 is 5.91 Å². The van der Waals surface area contributed by atoms with Gasteiger partial charge in [-0.05, 0) is 35.0 Å². The molecule has 0 saturated heterocycles. The molecule has 2 rings (SSSR count). The van der Waals surface area contributed by atoms with Crippen molar-refractivity contribution in [3.8, 4) is 0 Å². The fourth-order valence-corrected chi connectivity index (χ4v) is 1.45. The first-order valence-electron chi connectivity index (χ1n) is 5.08. The lowest BCUT2D eigenvalue weighted by Crippen LogP contribution is -2.21. The lowest BCUT2D eigenvalue weighted by Gasteiger charge is -2.16. The van der Waals surface area contributed by atoms with Crippen LogP contribution in [-0.2, 0) is 0 Å². The number of benzene rings is 1. The molecule has 1 aromatic rings. The van der Waals surface area contributed by atoms with Gasteiger partial charge in [0, 0.05) is 18.0 Å². The predicted molar refractivity (Wildman–Crippen MR) is 64.8 cm³/mol. The molecule has 4 heteroatoms. The number of nitroso groups, excluding NO2 is 1. The van der Waals surface area contributed by atoms with Crippen LogP contribution in [0.2, 0.25) is 0 Å². The second kappa shape index (κ2) is 5.03. The molecular formula is C13H10N2O2. The highest BCUT2D eigenvalue weighted by molar-refractivity contribution is 5.95. The fourth-order valence-electron chi connectivity index (χ4n) is 1.45. The van der Waals surface area contributed by atoms with Crippen LogP contribution in [0.5, 0.6) is 0 Å². The highest BCUT2D eigenvalue weighted by atomic mass is 16.2. The smallest absolute Gasteiger partial charge is 0.261 e. The zero-order chi connectivity index (χ0) is 12.1. The Labute approximate surface area is 98.5 Å². The largest absolute Gasteiger partial charge is 0.291 e. The van der Waals surface area contributed by atoms with Gasteiger partial charge in [-0.1, -0.05) is 18.2 Å². The predicted octanol–water partition coefficient (Wildman–Crippen LogP) is 2.82. The van der Waals surface area contributed by atoms with Crippen LogP contribution >= 0.6 is 0 Å². The highest BCUT2D eigenvalue weighted by Crippen LogP contribution is 2.13. The Bertz CT molecular complexity index is 499. The summed E-state index contributed by atoms with van der Waals surface area (Å²) in [5.41, 5.74) is 1.28. The van der Waals surface area contributed by atoms with Gasteiger partial charge in [-0.25, -0.2) is 0 Å². The third-order valence-corrected chi connectivity index (χ3v) is 2.31. The second-order valence-corrected chi connectivity index (χ2v) is 3.44. The molecular weight excluding hydrogens is 216 g/mol. The number of nitrogens with zero attached hydrogens (tertiary/aromatic N) is 2. The average molecular weight is 226 g/mol. The Balaban J connectivity index is 2.15. The number of hydrogen-bond donors (Lipinski definition) is 0. The molecule has 0 radical (unpaired) electrons. The van der Waals surface area contributed by atoms with Crippen molar-refractivity contribution in [2.75, 3.05) is 0 Å². The van der Waals surface area contributed by atoms with E-state index in [1.165, 1.54) is 11.1 Å². The molecule has 0 bridgehead atoms. The molecule has 0 fully saturated rings. The van der Waals surface area contributed by atoms with Crippen LogP contribution in [0.4, 0.5) is 0 Å². The summed E-state index contributed by atoms with van der Waals surface area (Å²) in [6.07, 6.45) is 7.71. The van der Waals surface area contributed by atoms with Crippen LogP contribution in [0, 0.1) is 4.91 Å². The molecule has 0 aliphatic carbocycles. The van der Waals surface area contributed by atoms with Gasteiger partial charge in [-0.2, -0.15) is 0 Å². The first-order chi connectivity index (χ1) is 8.31. The number of hydrogen-bond acceptors (Lipinski definition) is 3. The van der Waals surface area contributed by atoms with E-state index in [9.17, 15) is 9.70 Å². The van der Waals surface area contributed by atoms with E-state index in [1.807, 2.05) is 18.2 Å². The van der Waals surface area contributed by atoms with E-state index in [-0.39, 0.29) is 5.91 Å². The maximum absolute atomic E-state index is 12.0. The second-order valence-electron chi connectivity index (χ2n) is 3.44. The van der Waals surface area contributed by atoms with Crippen molar-refractivity contribution in [2.45, 2.75) is 0 Å². The topological polar surface area (TPSA) is 49.7 Å². The van der Waals surface area contributed by atoms with Crippen LogP contribution in [0.3, 0.4) is 0 Å². The summed E-state index contributed by atoms with van der Waals surface area (Å²) >= 11 is 0. The van der Waals surface area contributed by atoms with Crippen molar-refractivity contribution < 1.29 is 4.79 Å². The Kier molecular flexibility index (Phi) is 3.25. The molecule has 84 valence electrons. The fraction of sp³-hybridized carbons (Fsp3) is 0. The normalized spacial score (nSPS) is 13.6. The van der Waals surface area contributed by atoms with Crippen LogP contribution in [-0.4, -0.2) is 10.8 Å². The van der Waals surface area contributed by atoms with Crippen LogP contribution < -0.4 is 0 Å².